The van der Waals surface area contributed by atoms with E-state index in [1.807, 2.05) is 18.2 Å². The second kappa shape index (κ2) is 10.1. The van der Waals surface area contributed by atoms with Crippen LogP contribution in [0.3, 0.4) is 0 Å². The molecule has 6 rings (SSSR count). The molecule has 0 aliphatic rings. The molecule has 0 atom stereocenters. The monoisotopic (exact) mass is 556 g/mol. The fourth-order valence-electron chi connectivity index (χ4n) is 5.65. The lowest BCUT2D eigenvalue weighted by Gasteiger charge is -2.26. The van der Waals surface area contributed by atoms with Crippen molar-refractivity contribution in [2.24, 2.45) is 0 Å². The standard InChI is InChI=1S/C38H37ClN2/c1-37(2,3)26-17-19-35-33(21-26)34-22-27(38(4,5)6)18-20-36(34)41(35)32-24-28(39)23-31(25-32)40(29-13-9-7-10-14-29)30-15-11-8-12-16-30/h7-25H,1-6H3. The van der Waals surface area contributed by atoms with Crippen molar-refractivity contribution in [3.8, 4) is 5.69 Å². The van der Waals surface area contributed by atoms with Crippen molar-refractivity contribution in [3.63, 3.8) is 0 Å². The predicted octanol–water partition coefficient (Wildman–Crippen LogP) is 11.5. The maximum atomic E-state index is 6.92. The zero-order valence-electron chi connectivity index (χ0n) is 24.7. The normalized spacial score (nSPS) is 12.3. The molecule has 5 aromatic carbocycles. The first kappa shape index (κ1) is 27.2. The number of hydrogen-bond acceptors (Lipinski definition) is 1. The Balaban J connectivity index is 1.63. The van der Waals surface area contributed by atoms with Crippen LogP contribution in [-0.4, -0.2) is 4.57 Å². The highest BCUT2D eigenvalue weighted by molar-refractivity contribution is 6.31. The number of nitrogens with zero attached hydrogens (tertiary/aromatic N) is 2. The molecule has 0 bridgehead atoms. The van der Waals surface area contributed by atoms with Gasteiger partial charge in [-0.05, 0) is 88.7 Å². The number of hydrogen-bond donors (Lipinski definition) is 0. The average Bonchev–Trinajstić information content (AvgIpc) is 3.26. The second-order valence-corrected chi connectivity index (χ2v) is 13.4. The van der Waals surface area contributed by atoms with Crippen LogP contribution >= 0.6 is 11.6 Å². The minimum Gasteiger partial charge on any atom is -0.310 e. The summed E-state index contributed by atoms with van der Waals surface area (Å²) in [6.07, 6.45) is 0. The molecule has 41 heavy (non-hydrogen) atoms. The molecule has 206 valence electrons. The third-order valence-electron chi connectivity index (χ3n) is 7.91. The average molecular weight is 557 g/mol. The van der Waals surface area contributed by atoms with E-state index in [9.17, 15) is 0 Å². The Morgan fingerprint density at radius 2 is 0.976 bits per heavy atom. The van der Waals surface area contributed by atoms with Gasteiger partial charge in [0.2, 0.25) is 0 Å². The van der Waals surface area contributed by atoms with Crippen LogP contribution in [0.1, 0.15) is 52.7 Å². The van der Waals surface area contributed by atoms with E-state index in [1.54, 1.807) is 0 Å². The van der Waals surface area contributed by atoms with Crippen LogP contribution in [0.15, 0.2) is 115 Å². The Morgan fingerprint density at radius 1 is 0.512 bits per heavy atom. The molecule has 0 spiro atoms. The van der Waals surface area contributed by atoms with Gasteiger partial charge in [-0.3, -0.25) is 0 Å². The lowest BCUT2D eigenvalue weighted by molar-refractivity contribution is 0.590. The van der Waals surface area contributed by atoms with E-state index < -0.39 is 0 Å². The molecular weight excluding hydrogens is 520 g/mol. The highest BCUT2D eigenvalue weighted by atomic mass is 35.5. The quantitative estimate of drug-likeness (QED) is 0.209. The maximum absolute atomic E-state index is 6.92. The first-order chi connectivity index (χ1) is 19.5. The molecule has 0 radical (unpaired) electrons. The Labute approximate surface area is 248 Å². The molecule has 0 unspecified atom stereocenters. The van der Waals surface area contributed by atoms with Crippen LogP contribution in [-0.2, 0) is 10.8 Å². The molecule has 0 aliphatic heterocycles. The summed E-state index contributed by atoms with van der Waals surface area (Å²) in [5.74, 6) is 0. The van der Waals surface area contributed by atoms with Crippen LogP contribution < -0.4 is 4.90 Å². The van der Waals surface area contributed by atoms with Crippen molar-refractivity contribution >= 4 is 50.5 Å². The van der Waals surface area contributed by atoms with Crippen LogP contribution in [0.2, 0.25) is 5.02 Å². The summed E-state index contributed by atoms with van der Waals surface area (Å²) in [6.45, 7) is 13.7. The van der Waals surface area contributed by atoms with Crippen LogP contribution in [0.25, 0.3) is 27.5 Å². The molecule has 6 aromatic rings. The molecule has 1 aromatic heterocycles. The summed E-state index contributed by atoms with van der Waals surface area (Å²) >= 11 is 6.92. The van der Waals surface area contributed by atoms with Crippen LogP contribution in [0.4, 0.5) is 17.1 Å². The Hall–Kier alpha value is -4.01. The number of halogens is 1. The van der Waals surface area contributed by atoms with Gasteiger partial charge in [0.25, 0.3) is 0 Å². The van der Waals surface area contributed by atoms with Gasteiger partial charge in [0.15, 0.2) is 0 Å². The second-order valence-electron chi connectivity index (χ2n) is 13.0. The van der Waals surface area contributed by atoms with E-state index in [0.717, 1.165) is 22.7 Å². The molecule has 2 nitrogen and oxygen atoms in total. The summed E-state index contributed by atoms with van der Waals surface area (Å²) in [5.41, 5.74) is 9.34. The molecule has 0 amide bonds. The first-order valence-electron chi connectivity index (χ1n) is 14.3. The van der Waals surface area contributed by atoms with Gasteiger partial charge in [-0.15, -0.1) is 0 Å². The molecule has 3 heteroatoms. The molecule has 0 aliphatic carbocycles. The number of rotatable bonds is 4. The topological polar surface area (TPSA) is 8.17 Å². The van der Waals surface area contributed by atoms with E-state index in [4.69, 9.17) is 11.6 Å². The zero-order chi connectivity index (χ0) is 28.9. The van der Waals surface area contributed by atoms with E-state index in [-0.39, 0.29) is 10.8 Å². The molecule has 0 saturated heterocycles. The maximum Gasteiger partial charge on any atom is 0.0541 e. The van der Waals surface area contributed by atoms with Crippen LogP contribution in [0, 0.1) is 0 Å². The van der Waals surface area contributed by atoms with Gasteiger partial charge in [-0.1, -0.05) is 102 Å². The Kier molecular flexibility index (Phi) is 6.71. The third kappa shape index (κ3) is 5.13. The van der Waals surface area contributed by atoms with Gasteiger partial charge < -0.3 is 9.47 Å². The molecule has 1 heterocycles. The van der Waals surface area contributed by atoms with Gasteiger partial charge in [0.05, 0.1) is 11.0 Å². The lowest BCUT2D eigenvalue weighted by Crippen LogP contribution is -2.11. The summed E-state index contributed by atoms with van der Waals surface area (Å²) < 4.78 is 2.37. The number of anilines is 3. The van der Waals surface area contributed by atoms with Crippen molar-refractivity contribution in [3.05, 3.63) is 131 Å². The van der Waals surface area contributed by atoms with E-state index in [1.165, 1.54) is 32.9 Å². The fraction of sp³-hybridized carbons (Fsp3) is 0.211. The van der Waals surface area contributed by atoms with Gasteiger partial charge >= 0.3 is 0 Å². The van der Waals surface area contributed by atoms with Crippen molar-refractivity contribution < 1.29 is 0 Å². The first-order valence-corrected chi connectivity index (χ1v) is 14.7. The Bertz CT molecular complexity index is 1740. The highest BCUT2D eigenvalue weighted by Crippen LogP contribution is 2.41. The third-order valence-corrected chi connectivity index (χ3v) is 8.13. The van der Waals surface area contributed by atoms with Gasteiger partial charge in [-0.2, -0.15) is 0 Å². The highest BCUT2D eigenvalue weighted by Gasteiger charge is 2.22. The minimum absolute atomic E-state index is 0.0549. The van der Waals surface area contributed by atoms with Gasteiger partial charge in [0.1, 0.15) is 0 Å². The minimum atomic E-state index is 0.0549. The summed E-state index contributed by atoms with van der Waals surface area (Å²) in [5, 5.41) is 3.23. The Morgan fingerprint density at radius 3 is 1.41 bits per heavy atom. The summed E-state index contributed by atoms with van der Waals surface area (Å²) in [7, 11) is 0. The predicted molar refractivity (Wildman–Crippen MR) is 178 cm³/mol. The van der Waals surface area contributed by atoms with Crippen molar-refractivity contribution in [1.29, 1.82) is 0 Å². The van der Waals surface area contributed by atoms with E-state index >= 15 is 0 Å². The fourth-order valence-corrected chi connectivity index (χ4v) is 5.88. The SMILES string of the molecule is CC(C)(C)c1ccc2c(c1)c1cc(C(C)(C)C)ccc1n2-c1cc(Cl)cc(N(c2ccccc2)c2ccccc2)c1. The number of benzene rings is 5. The van der Waals surface area contributed by atoms with E-state index in [2.05, 4.69) is 148 Å². The number of aromatic nitrogens is 1. The van der Waals surface area contributed by atoms with Crippen molar-refractivity contribution in [2.75, 3.05) is 4.90 Å². The zero-order valence-corrected chi connectivity index (χ0v) is 25.5. The summed E-state index contributed by atoms with van der Waals surface area (Å²) in [6, 6.07) is 41.2. The molecule has 0 saturated carbocycles. The molecular formula is C38H37ClN2. The smallest absolute Gasteiger partial charge is 0.0541 e. The van der Waals surface area contributed by atoms with Crippen molar-refractivity contribution in [2.45, 2.75) is 52.4 Å². The molecule has 0 N–H and O–H groups in total. The van der Waals surface area contributed by atoms with Crippen molar-refractivity contribution in [1.82, 2.24) is 4.57 Å². The lowest BCUT2D eigenvalue weighted by atomic mass is 9.85. The summed E-state index contributed by atoms with van der Waals surface area (Å²) in [4.78, 5) is 2.26. The number of fused-ring (bicyclic) bond motifs is 3. The largest absolute Gasteiger partial charge is 0.310 e. The van der Waals surface area contributed by atoms with E-state index in [0.29, 0.717) is 5.02 Å². The molecule has 0 fully saturated rings. The van der Waals surface area contributed by atoms with Gasteiger partial charge in [0, 0.05) is 38.5 Å². The number of para-hydroxylation sites is 2. The van der Waals surface area contributed by atoms with Crippen LogP contribution in [0.5, 0.6) is 0 Å². The van der Waals surface area contributed by atoms with Gasteiger partial charge in [-0.25, -0.2) is 0 Å².